The summed E-state index contributed by atoms with van der Waals surface area (Å²) in [5, 5.41) is 0. The van der Waals surface area contributed by atoms with Crippen LogP contribution in [-0.4, -0.2) is 37.2 Å². The van der Waals surface area contributed by atoms with E-state index in [2.05, 4.69) is 154 Å². The summed E-state index contributed by atoms with van der Waals surface area (Å²) >= 11 is 0. The first kappa shape index (κ1) is 70.5. The molecule has 424 valence electrons. The number of carbonyl (C=O) groups is 3. The second-order valence-corrected chi connectivity index (χ2v) is 19.9. The topological polar surface area (TPSA) is 78.9 Å². The van der Waals surface area contributed by atoms with E-state index in [1.807, 2.05) is 0 Å². The van der Waals surface area contributed by atoms with Gasteiger partial charge in [0.2, 0.25) is 0 Å². The molecule has 6 heteroatoms. The van der Waals surface area contributed by atoms with Crippen LogP contribution in [0.3, 0.4) is 0 Å². The van der Waals surface area contributed by atoms with Crippen LogP contribution >= 0.6 is 0 Å². The molecule has 0 heterocycles. The number of unbranched alkanes of at least 4 members (excludes halogenated alkanes) is 21. The van der Waals surface area contributed by atoms with Gasteiger partial charge in [0, 0.05) is 19.3 Å². The van der Waals surface area contributed by atoms with E-state index in [4.69, 9.17) is 14.2 Å². The van der Waals surface area contributed by atoms with Gasteiger partial charge in [0.15, 0.2) is 6.10 Å². The zero-order valence-electron chi connectivity index (χ0n) is 48.5. The summed E-state index contributed by atoms with van der Waals surface area (Å²) < 4.78 is 16.8. The minimum absolute atomic E-state index is 0.0911. The van der Waals surface area contributed by atoms with Crippen molar-refractivity contribution in [3.8, 4) is 0 Å². The summed E-state index contributed by atoms with van der Waals surface area (Å²) in [6, 6.07) is 0. The van der Waals surface area contributed by atoms with Gasteiger partial charge in [0.1, 0.15) is 13.2 Å². The van der Waals surface area contributed by atoms with Crippen LogP contribution in [0.2, 0.25) is 0 Å². The number of rotatable bonds is 54. The molecule has 0 spiro atoms. The summed E-state index contributed by atoms with van der Waals surface area (Å²) in [5.74, 6) is -0.935. The van der Waals surface area contributed by atoms with Crippen LogP contribution in [0.5, 0.6) is 0 Å². The van der Waals surface area contributed by atoms with Crippen molar-refractivity contribution < 1.29 is 28.6 Å². The van der Waals surface area contributed by atoms with Crippen LogP contribution in [0.1, 0.15) is 265 Å². The minimum Gasteiger partial charge on any atom is -0.462 e. The zero-order valence-corrected chi connectivity index (χ0v) is 48.5. The van der Waals surface area contributed by atoms with Gasteiger partial charge in [-0.25, -0.2) is 0 Å². The lowest BCUT2D eigenvalue weighted by molar-refractivity contribution is -0.167. The number of allylic oxidation sites excluding steroid dienone is 22. The summed E-state index contributed by atoms with van der Waals surface area (Å²) in [6.07, 6.45) is 87.6. The van der Waals surface area contributed by atoms with E-state index in [0.717, 1.165) is 148 Å². The van der Waals surface area contributed by atoms with Crippen molar-refractivity contribution in [2.75, 3.05) is 13.2 Å². The Balaban J connectivity index is 4.20. The van der Waals surface area contributed by atoms with Crippen molar-refractivity contribution in [3.05, 3.63) is 134 Å². The molecule has 0 aliphatic heterocycles. The molecular formula is C69H112O6. The fraction of sp³-hybridized carbons (Fsp3) is 0.638. The van der Waals surface area contributed by atoms with E-state index in [-0.39, 0.29) is 31.1 Å². The maximum Gasteiger partial charge on any atom is 0.306 e. The standard InChI is InChI=1S/C69H112O6/c1-4-7-10-13-16-18-20-22-24-25-26-27-28-29-30-31-32-33-34-35-36-37-38-39-40-41-42-43-45-46-48-50-53-56-59-62-68(71)74-65-66(64-73-67(70)61-58-55-52-15-12-9-6-3)75-69(72)63-60-57-54-51-49-47-44-23-21-19-17-14-11-8-5-2/h7,10,16,18,22-24,26-27,29-30,32-33,35-36,38-39,41-42,44-46,66H,4-6,8-9,11-15,17,19-21,25,28,31,34,37,40,43,47-65H2,1-3H3/b10-7-,18-16-,24-22-,27-26-,30-29-,33-32-,36-35-,39-38-,42-41-,44-23-,46-45-. The van der Waals surface area contributed by atoms with Gasteiger partial charge in [-0.2, -0.15) is 0 Å². The molecule has 0 aliphatic rings. The molecule has 0 fully saturated rings. The second kappa shape index (κ2) is 62.1. The van der Waals surface area contributed by atoms with Gasteiger partial charge in [-0.3, -0.25) is 14.4 Å². The maximum absolute atomic E-state index is 12.8. The molecule has 1 atom stereocenters. The van der Waals surface area contributed by atoms with Crippen LogP contribution in [0.4, 0.5) is 0 Å². The average Bonchev–Trinajstić information content (AvgIpc) is 3.41. The normalized spacial score (nSPS) is 13.1. The lowest BCUT2D eigenvalue weighted by atomic mass is 10.1. The van der Waals surface area contributed by atoms with Crippen LogP contribution in [0.25, 0.3) is 0 Å². The van der Waals surface area contributed by atoms with E-state index in [0.29, 0.717) is 19.3 Å². The Labute approximate surface area is 462 Å². The van der Waals surface area contributed by atoms with E-state index >= 15 is 0 Å². The fourth-order valence-electron chi connectivity index (χ4n) is 8.05. The van der Waals surface area contributed by atoms with Gasteiger partial charge < -0.3 is 14.2 Å². The molecule has 6 nitrogen and oxygen atoms in total. The highest BCUT2D eigenvalue weighted by molar-refractivity contribution is 5.71. The molecule has 0 aromatic rings. The summed E-state index contributed by atoms with van der Waals surface area (Å²) in [5.41, 5.74) is 0. The molecule has 75 heavy (non-hydrogen) atoms. The molecule has 1 unspecified atom stereocenters. The molecule has 0 aromatic heterocycles. The van der Waals surface area contributed by atoms with Crippen molar-refractivity contribution in [2.24, 2.45) is 0 Å². The predicted octanol–water partition coefficient (Wildman–Crippen LogP) is 21.0. The third-order valence-corrected chi connectivity index (χ3v) is 12.6. The van der Waals surface area contributed by atoms with Crippen LogP contribution in [0.15, 0.2) is 134 Å². The van der Waals surface area contributed by atoms with Crippen molar-refractivity contribution >= 4 is 17.9 Å². The highest BCUT2D eigenvalue weighted by Gasteiger charge is 2.19. The minimum atomic E-state index is -0.793. The van der Waals surface area contributed by atoms with Crippen molar-refractivity contribution in [2.45, 2.75) is 271 Å². The van der Waals surface area contributed by atoms with Gasteiger partial charge >= 0.3 is 17.9 Å². The van der Waals surface area contributed by atoms with Crippen molar-refractivity contribution in [1.29, 1.82) is 0 Å². The summed E-state index contributed by atoms with van der Waals surface area (Å²) in [7, 11) is 0. The first-order valence-corrected chi connectivity index (χ1v) is 30.7. The SMILES string of the molecule is CC/C=C\C/C=C\C/C=C\C/C=C\C/C=C\C/C=C\C/C=C\C/C=C\C/C=C\C/C=C\CCCCCCC(=O)OCC(COC(=O)CCCCCCCCC)OC(=O)CCCCCCC/C=C\CCCCCCCC. The number of hydrogen-bond donors (Lipinski definition) is 0. The van der Waals surface area contributed by atoms with E-state index in [1.54, 1.807) is 0 Å². The highest BCUT2D eigenvalue weighted by Crippen LogP contribution is 2.14. The smallest absolute Gasteiger partial charge is 0.306 e. The van der Waals surface area contributed by atoms with Crippen LogP contribution < -0.4 is 0 Å². The fourth-order valence-corrected chi connectivity index (χ4v) is 8.05. The Hall–Kier alpha value is -4.45. The Morgan fingerprint density at radius 3 is 0.827 bits per heavy atom. The molecule has 0 amide bonds. The maximum atomic E-state index is 12.8. The largest absolute Gasteiger partial charge is 0.462 e. The molecule has 0 saturated heterocycles. The third-order valence-electron chi connectivity index (χ3n) is 12.6. The van der Waals surface area contributed by atoms with Crippen LogP contribution in [-0.2, 0) is 28.6 Å². The highest BCUT2D eigenvalue weighted by atomic mass is 16.6. The number of ether oxygens (including phenoxy) is 3. The first-order chi connectivity index (χ1) is 37.0. The Kier molecular flexibility index (Phi) is 58.4. The lowest BCUT2D eigenvalue weighted by Crippen LogP contribution is -2.30. The average molecular weight is 1040 g/mol. The molecule has 0 N–H and O–H groups in total. The Bertz CT molecular complexity index is 1620. The molecule has 0 radical (unpaired) electrons. The second-order valence-electron chi connectivity index (χ2n) is 19.9. The molecule has 0 bridgehead atoms. The van der Waals surface area contributed by atoms with E-state index in [1.165, 1.54) is 77.0 Å². The van der Waals surface area contributed by atoms with Gasteiger partial charge in [-0.1, -0.05) is 257 Å². The van der Waals surface area contributed by atoms with E-state index < -0.39 is 6.10 Å². The number of hydrogen-bond acceptors (Lipinski definition) is 6. The summed E-state index contributed by atoms with van der Waals surface area (Å²) in [4.78, 5) is 37.9. The monoisotopic (exact) mass is 1040 g/mol. The lowest BCUT2D eigenvalue weighted by Gasteiger charge is -2.18. The van der Waals surface area contributed by atoms with Crippen LogP contribution in [0, 0.1) is 0 Å². The molecular weight excluding hydrogens is 925 g/mol. The van der Waals surface area contributed by atoms with E-state index in [9.17, 15) is 14.4 Å². The quantitative estimate of drug-likeness (QED) is 0.0261. The number of esters is 3. The Morgan fingerprint density at radius 2 is 0.520 bits per heavy atom. The molecule has 0 aromatic carbocycles. The predicted molar refractivity (Wildman–Crippen MR) is 325 cm³/mol. The van der Waals surface area contributed by atoms with Gasteiger partial charge in [0.25, 0.3) is 0 Å². The van der Waals surface area contributed by atoms with Crippen molar-refractivity contribution in [3.63, 3.8) is 0 Å². The first-order valence-electron chi connectivity index (χ1n) is 30.7. The van der Waals surface area contributed by atoms with Gasteiger partial charge in [0.05, 0.1) is 0 Å². The van der Waals surface area contributed by atoms with Gasteiger partial charge in [-0.05, 0) is 122 Å². The number of carbonyl (C=O) groups excluding carboxylic acids is 3. The molecule has 0 aliphatic carbocycles. The Morgan fingerprint density at radius 1 is 0.280 bits per heavy atom. The summed E-state index contributed by atoms with van der Waals surface area (Å²) in [6.45, 7) is 6.44. The molecule has 0 rings (SSSR count). The van der Waals surface area contributed by atoms with Gasteiger partial charge in [-0.15, -0.1) is 0 Å². The van der Waals surface area contributed by atoms with Crippen molar-refractivity contribution in [1.82, 2.24) is 0 Å². The third kappa shape index (κ3) is 60.3. The molecule has 0 saturated carbocycles. The zero-order chi connectivity index (χ0) is 54.3.